The Hall–Kier alpha value is -2.77. The highest BCUT2D eigenvalue weighted by Gasteiger charge is 2.33. The van der Waals surface area contributed by atoms with Gasteiger partial charge in [0.2, 0.25) is 5.91 Å². The molecule has 0 aliphatic carbocycles. The standard InChI is InChI=1S/C22H26F3N3O2/c1-14-4-6-19(30-3)18(12-14)15(2)27-21(29)16-8-10-28(11-9-16)20-7-5-17(13-26-20)22(23,24)25/h4-7,12-13,15-16H,8-11H2,1-3H3,(H,27,29)/p+1/t15-/m0/s1. The lowest BCUT2D eigenvalue weighted by atomic mass is 9.95. The molecule has 2 N–H and O–H groups in total. The van der Waals surface area contributed by atoms with Crippen molar-refractivity contribution in [2.45, 2.75) is 38.9 Å². The van der Waals surface area contributed by atoms with Gasteiger partial charge in [-0.1, -0.05) is 17.7 Å². The molecule has 0 saturated carbocycles. The summed E-state index contributed by atoms with van der Waals surface area (Å²) in [5.74, 6) is 1.22. The Kier molecular flexibility index (Phi) is 6.53. The fourth-order valence-corrected chi connectivity index (χ4v) is 3.77. The number of benzene rings is 1. The molecule has 3 rings (SSSR count). The molecule has 2 heterocycles. The first-order valence-electron chi connectivity index (χ1n) is 9.98. The number of aryl methyl sites for hydroxylation is 1. The minimum Gasteiger partial charge on any atom is -0.496 e. The van der Waals surface area contributed by atoms with Gasteiger partial charge in [0.15, 0.2) is 0 Å². The van der Waals surface area contributed by atoms with E-state index in [1.54, 1.807) is 7.11 Å². The number of pyridine rings is 1. The van der Waals surface area contributed by atoms with E-state index >= 15 is 0 Å². The molecular weight excluding hydrogens is 395 g/mol. The lowest BCUT2D eigenvalue weighted by Gasteiger charge is -2.28. The van der Waals surface area contributed by atoms with Crippen LogP contribution in [0.1, 0.15) is 42.5 Å². The number of carbonyl (C=O) groups excluding carboxylic acids is 1. The molecule has 162 valence electrons. The number of H-pyrrole nitrogens is 1. The molecule has 8 heteroatoms. The van der Waals surface area contributed by atoms with Crippen LogP contribution in [0.5, 0.6) is 5.75 Å². The van der Waals surface area contributed by atoms with Gasteiger partial charge < -0.3 is 10.1 Å². The van der Waals surface area contributed by atoms with Crippen molar-refractivity contribution in [3.05, 3.63) is 53.2 Å². The zero-order chi connectivity index (χ0) is 21.9. The van der Waals surface area contributed by atoms with Crippen LogP contribution < -0.4 is 19.9 Å². The Morgan fingerprint density at radius 3 is 2.50 bits per heavy atom. The van der Waals surface area contributed by atoms with Gasteiger partial charge in [-0.15, -0.1) is 0 Å². The maximum atomic E-state index is 12.8. The summed E-state index contributed by atoms with van der Waals surface area (Å²) < 4.78 is 43.5. The second-order valence-corrected chi connectivity index (χ2v) is 7.70. The SMILES string of the molecule is COc1ccc(C)cc1[C@H](C)NC(=O)C1CCN(c2ccc(C(F)(F)F)c[nH+]2)CC1. The summed E-state index contributed by atoms with van der Waals surface area (Å²) >= 11 is 0. The van der Waals surface area contributed by atoms with Crippen LogP contribution in [0.15, 0.2) is 36.5 Å². The first-order chi connectivity index (χ1) is 14.2. The number of alkyl halides is 3. The van der Waals surface area contributed by atoms with Gasteiger partial charge in [-0.2, -0.15) is 13.2 Å². The number of hydrogen-bond donors (Lipinski definition) is 1. The predicted molar refractivity (Wildman–Crippen MR) is 107 cm³/mol. The fraction of sp³-hybridized carbons (Fsp3) is 0.455. The zero-order valence-corrected chi connectivity index (χ0v) is 17.3. The van der Waals surface area contributed by atoms with Crippen molar-refractivity contribution in [1.29, 1.82) is 0 Å². The number of anilines is 1. The molecule has 0 spiro atoms. The summed E-state index contributed by atoms with van der Waals surface area (Å²) in [4.78, 5) is 17.5. The average Bonchev–Trinajstić information content (AvgIpc) is 2.73. The molecule has 1 aliphatic heterocycles. The number of piperidine rings is 1. The minimum atomic E-state index is -4.36. The maximum absolute atomic E-state index is 12.8. The number of methoxy groups -OCH3 is 1. The van der Waals surface area contributed by atoms with Gasteiger partial charge in [-0.05, 0) is 38.8 Å². The molecule has 1 amide bonds. The highest BCUT2D eigenvalue weighted by Crippen LogP contribution is 2.30. The molecular formula is C22H27F3N3O2+. The van der Waals surface area contributed by atoms with Gasteiger partial charge in [-0.3, -0.25) is 9.69 Å². The highest BCUT2D eigenvalue weighted by molar-refractivity contribution is 5.79. The molecule has 2 aromatic rings. The van der Waals surface area contributed by atoms with Crippen molar-refractivity contribution >= 4 is 11.7 Å². The maximum Gasteiger partial charge on any atom is 0.419 e. The molecule has 1 aromatic heterocycles. The van der Waals surface area contributed by atoms with E-state index in [1.165, 1.54) is 6.07 Å². The summed E-state index contributed by atoms with van der Waals surface area (Å²) in [6, 6.07) is 8.19. The summed E-state index contributed by atoms with van der Waals surface area (Å²) in [5, 5.41) is 3.08. The van der Waals surface area contributed by atoms with Crippen molar-refractivity contribution in [3.63, 3.8) is 0 Å². The Balaban J connectivity index is 1.57. The Labute approximate surface area is 174 Å². The number of ether oxygens (including phenoxy) is 1. The van der Waals surface area contributed by atoms with E-state index in [1.807, 2.05) is 36.9 Å². The largest absolute Gasteiger partial charge is 0.496 e. The summed E-state index contributed by atoms with van der Waals surface area (Å²) in [5.41, 5.74) is 1.32. The van der Waals surface area contributed by atoms with Crippen molar-refractivity contribution < 1.29 is 27.7 Å². The number of rotatable bonds is 5. The van der Waals surface area contributed by atoms with Crippen LogP contribution in [0.3, 0.4) is 0 Å². The number of halogens is 3. The van der Waals surface area contributed by atoms with E-state index in [-0.39, 0.29) is 17.9 Å². The topological polar surface area (TPSA) is 55.7 Å². The fourth-order valence-electron chi connectivity index (χ4n) is 3.77. The second kappa shape index (κ2) is 8.93. The predicted octanol–water partition coefficient (Wildman–Crippen LogP) is 3.93. The van der Waals surface area contributed by atoms with Crippen LogP contribution in [0.25, 0.3) is 0 Å². The third-order valence-electron chi connectivity index (χ3n) is 5.54. The van der Waals surface area contributed by atoms with E-state index in [2.05, 4.69) is 10.3 Å². The summed E-state index contributed by atoms with van der Waals surface area (Å²) in [7, 11) is 1.61. The molecule has 1 atom stereocenters. The van der Waals surface area contributed by atoms with Crippen LogP contribution in [0.4, 0.5) is 19.0 Å². The number of hydrogen-bond acceptors (Lipinski definition) is 3. The third-order valence-corrected chi connectivity index (χ3v) is 5.54. The highest BCUT2D eigenvalue weighted by atomic mass is 19.4. The van der Waals surface area contributed by atoms with Gasteiger partial charge in [0, 0.05) is 17.5 Å². The van der Waals surface area contributed by atoms with Crippen LogP contribution in [0, 0.1) is 12.8 Å². The molecule has 30 heavy (non-hydrogen) atoms. The lowest BCUT2D eigenvalue weighted by molar-refractivity contribution is -0.367. The van der Waals surface area contributed by atoms with E-state index < -0.39 is 11.7 Å². The van der Waals surface area contributed by atoms with E-state index in [4.69, 9.17) is 4.74 Å². The molecule has 1 aliphatic rings. The van der Waals surface area contributed by atoms with Gasteiger partial charge >= 0.3 is 6.18 Å². The molecule has 1 fully saturated rings. The Morgan fingerprint density at radius 1 is 1.23 bits per heavy atom. The average molecular weight is 422 g/mol. The van der Waals surface area contributed by atoms with Crippen molar-refractivity contribution in [3.8, 4) is 5.75 Å². The van der Waals surface area contributed by atoms with Gasteiger partial charge in [0.1, 0.15) is 11.9 Å². The third kappa shape index (κ3) is 5.04. The minimum absolute atomic E-state index is 0.0119. The van der Waals surface area contributed by atoms with Crippen LogP contribution in [-0.4, -0.2) is 26.1 Å². The van der Waals surface area contributed by atoms with E-state index in [0.717, 1.165) is 29.1 Å². The number of aromatic amines is 1. The van der Waals surface area contributed by atoms with Gasteiger partial charge in [0.05, 0.1) is 31.8 Å². The molecule has 0 radical (unpaired) electrons. The van der Waals surface area contributed by atoms with Crippen LogP contribution in [0.2, 0.25) is 0 Å². The molecule has 0 bridgehead atoms. The van der Waals surface area contributed by atoms with Crippen LogP contribution in [-0.2, 0) is 11.0 Å². The lowest BCUT2D eigenvalue weighted by Crippen LogP contribution is -2.42. The van der Waals surface area contributed by atoms with Crippen molar-refractivity contribution in [1.82, 2.24) is 5.32 Å². The summed E-state index contributed by atoms with van der Waals surface area (Å²) in [6.45, 7) is 5.12. The quantitative estimate of drug-likeness (QED) is 0.795. The molecule has 5 nitrogen and oxygen atoms in total. The number of amides is 1. The molecule has 1 aromatic carbocycles. The second-order valence-electron chi connectivity index (χ2n) is 7.70. The zero-order valence-electron chi connectivity index (χ0n) is 17.3. The number of nitrogens with one attached hydrogen (secondary N) is 2. The number of aromatic nitrogens is 1. The van der Waals surface area contributed by atoms with Crippen molar-refractivity contribution in [2.75, 3.05) is 25.1 Å². The smallest absolute Gasteiger partial charge is 0.419 e. The van der Waals surface area contributed by atoms with Gasteiger partial charge in [0.25, 0.3) is 5.82 Å². The van der Waals surface area contributed by atoms with Gasteiger partial charge in [-0.25, -0.2) is 4.98 Å². The van der Waals surface area contributed by atoms with Crippen molar-refractivity contribution in [2.24, 2.45) is 5.92 Å². The Bertz CT molecular complexity index is 876. The first-order valence-corrected chi connectivity index (χ1v) is 9.98. The number of carbonyl (C=O) groups is 1. The van der Waals surface area contributed by atoms with E-state index in [0.29, 0.717) is 31.7 Å². The summed E-state index contributed by atoms with van der Waals surface area (Å²) in [6.07, 6.45) is -2.11. The molecule has 1 saturated heterocycles. The first kappa shape index (κ1) is 21.9. The van der Waals surface area contributed by atoms with E-state index in [9.17, 15) is 18.0 Å². The number of nitrogens with zero attached hydrogens (tertiary/aromatic N) is 1. The monoisotopic (exact) mass is 422 g/mol. The van der Waals surface area contributed by atoms with Crippen LogP contribution >= 0.6 is 0 Å². The molecule has 0 unspecified atom stereocenters. The normalized spacial score (nSPS) is 16.3. The Morgan fingerprint density at radius 2 is 1.93 bits per heavy atom.